The van der Waals surface area contributed by atoms with E-state index < -0.39 is 0 Å². The third kappa shape index (κ3) is 3.67. The third-order valence-electron chi connectivity index (χ3n) is 2.23. The Bertz CT molecular complexity index is 336. The van der Waals surface area contributed by atoms with Crippen LogP contribution < -0.4 is 10.6 Å². The number of carbonyl (C=O) groups is 1. The van der Waals surface area contributed by atoms with Crippen LogP contribution in [0.1, 0.15) is 23.2 Å². The van der Waals surface area contributed by atoms with E-state index in [4.69, 9.17) is 9.15 Å². The van der Waals surface area contributed by atoms with E-state index in [0.717, 1.165) is 0 Å². The molecule has 1 amide bonds. The summed E-state index contributed by atoms with van der Waals surface area (Å²) >= 11 is 0. The SMILES string of the molecule is CNC(C)CNC(=O)c1ccc(COC)o1. The van der Waals surface area contributed by atoms with Crippen molar-refractivity contribution in [3.63, 3.8) is 0 Å². The van der Waals surface area contributed by atoms with Crippen LogP contribution in [0.4, 0.5) is 0 Å². The van der Waals surface area contributed by atoms with Gasteiger partial charge in [-0.3, -0.25) is 4.79 Å². The van der Waals surface area contributed by atoms with E-state index in [1.54, 1.807) is 19.2 Å². The second-order valence-electron chi connectivity index (χ2n) is 3.60. The van der Waals surface area contributed by atoms with Crippen molar-refractivity contribution in [3.05, 3.63) is 23.7 Å². The summed E-state index contributed by atoms with van der Waals surface area (Å²) in [4.78, 5) is 11.6. The first kappa shape index (κ1) is 12.7. The first-order valence-corrected chi connectivity index (χ1v) is 5.20. The van der Waals surface area contributed by atoms with Crippen molar-refractivity contribution >= 4 is 5.91 Å². The molecule has 2 N–H and O–H groups in total. The molecule has 5 heteroatoms. The molecule has 1 aromatic rings. The van der Waals surface area contributed by atoms with Crippen LogP contribution in [-0.4, -0.2) is 32.7 Å². The Kier molecular flexibility index (Phi) is 5.01. The summed E-state index contributed by atoms with van der Waals surface area (Å²) in [6.07, 6.45) is 0. The maximum absolute atomic E-state index is 11.6. The largest absolute Gasteiger partial charge is 0.453 e. The topological polar surface area (TPSA) is 63.5 Å². The van der Waals surface area contributed by atoms with Gasteiger partial charge in [-0.2, -0.15) is 0 Å². The molecule has 0 spiro atoms. The standard InChI is InChI=1S/C11H18N2O3/c1-8(12-2)6-13-11(14)10-5-4-9(16-10)7-15-3/h4-5,8,12H,6-7H2,1-3H3,(H,13,14). The lowest BCUT2D eigenvalue weighted by atomic mass is 10.3. The fraction of sp³-hybridized carbons (Fsp3) is 0.545. The molecule has 0 aromatic carbocycles. The quantitative estimate of drug-likeness (QED) is 0.752. The molecule has 0 aliphatic rings. The minimum Gasteiger partial charge on any atom is -0.453 e. The van der Waals surface area contributed by atoms with Crippen LogP contribution >= 0.6 is 0 Å². The van der Waals surface area contributed by atoms with E-state index in [9.17, 15) is 4.79 Å². The summed E-state index contributed by atoms with van der Waals surface area (Å²) in [6, 6.07) is 3.62. The lowest BCUT2D eigenvalue weighted by Gasteiger charge is -2.10. The van der Waals surface area contributed by atoms with Gasteiger partial charge in [-0.05, 0) is 26.1 Å². The summed E-state index contributed by atoms with van der Waals surface area (Å²) in [6.45, 7) is 2.93. The van der Waals surface area contributed by atoms with Crippen LogP contribution in [-0.2, 0) is 11.3 Å². The lowest BCUT2D eigenvalue weighted by molar-refractivity contribution is 0.0914. The molecule has 16 heavy (non-hydrogen) atoms. The minimum absolute atomic E-state index is 0.204. The third-order valence-corrected chi connectivity index (χ3v) is 2.23. The van der Waals surface area contributed by atoms with Gasteiger partial charge in [-0.25, -0.2) is 0 Å². The molecule has 0 bridgehead atoms. The smallest absolute Gasteiger partial charge is 0.287 e. The number of carbonyl (C=O) groups excluding carboxylic acids is 1. The fourth-order valence-corrected chi connectivity index (χ4v) is 1.15. The Balaban J connectivity index is 2.46. The molecule has 5 nitrogen and oxygen atoms in total. The summed E-state index contributed by atoms with van der Waals surface area (Å²) in [5.41, 5.74) is 0. The molecule has 90 valence electrons. The summed E-state index contributed by atoms with van der Waals surface area (Å²) < 4.78 is 10.2. The number of ether oxygens (including phenoxy) is 1. The maximum Gasteiger partial charge on any atom is 0.287 e. The number of methoxy groups -OCH3 is 1. The summed E-state index contributed by atoms with van der Waals surface area (Å²) in [5, 5.41) is 5.80. The van der Waals surface area contributed by atoms with Gasteiger partial charge >= 0.3 is 0 Å². The number of rotatable bonds is 6. The van der Waals surface area contributed by atoms with E-state index >= 15 is 0 Å². The van der Waals surface area contributed by atoms with Crippen LogP contribution in [0.2, 0.25) is 0 Å². The monoisotopic (exact) mass is 226 g/mol. The van der Waals surface area contributed by atoms with Crippen LogP contribution in [0.15, 0.2) is 16.5 Å². The molecular formula is C11H18N2O3. The average Bonchev–Trinajstić information content (AvgIpc) is 2.74. The molecule has 0 aliphatic carbocycles. The number of hydrogen-bond acceptors (Lipinski definition) is 4. The maximum atomic E-state index is 11.6. The predicted molar refractivity (Wildman–Crippen MR) is 60.3 cm³/mol. The average molecular weight is 226 g/mol. The minimum atomic E-state index is -0.204. The molecule has 1 atom stereocenters. The molecular weight excluding hydrogens is 208 g/mol. The van der Waals surface area contributed by atoms with E-state index in [2.05, 4.69) is 10.6 Å². The number of nitrogens with one attached hydrogen (secondary N) is 2. The van der Waals surface area contributed by atoms with Gasteiger partial charge in [-0.1, -0.05) is 0 Å². The number of hydrogen-bond donors (Lipinski definition) is 2. The molecule has 0 saturated heterocycles. The van der Waals surface area contributed by atoms with Crippen molar-refractivity contribution in [2.45, 2.75) is 19.6 Å². The van der Waals surface area contributed by atoms with E-state index in [0.29, 0.717) is 24.7 Å². The van der Waals surface area contributed by atoms with Crippen molar-refractivity contribution in [2.24, 2.45) is 0 Å². The first-order valence-electron chi connectivity index (χ1n) is 5.20. The van der Waals surface area contributed by atoms with Crippen molar-refractivity contribution in [2.75, 3.05) is 20.7 Å². The zero-order valence-electron chi connectivity index (χ0n) is 9.87. The molecule has 1 rings (SSSR count). The molecule has 0 saturated carbocycles. The van der Waals surface area contributed by atoms with Crippen LogP contribution in [0.5, 0.6) is 0 Å². The Morgan fingerprint density at radius 3 is 2.94 bits per heavy atom. The van der Waals surface area contributed by atoms with Crippen LogP contribution in [0, 0.1) is 0 Å². The normalized spacial score (nSPS) is 12.4. The first-order chi connectivity index (χ1) is 7.67. The molecule has 0 aliphatic heterocycles. The molecule has 1 unspecified atom stereocenters. The van der Waals surface area contributed by atoms with Crippen molar-refractivity contribution in [1.29, 1.82) is 0 Å². The van der Waals surface area contributed by atoms with E-state index in [1.807, 2.05) is 14.0 Å². The van der Waals surface area contributed by atoms with Crippen LogP contribution in [0.25, 0.3) is 0 Å². The molecule has 1 aromatic heterocycles. The molecule has 0 radical (unpaired) electrons. The highest BCUT2D eigenvalue weighted by Gasteiger charge is 2.11. The predicted octanol–water partition coefficient (Wildman–Crippen LogP) is 0.764. The van der Waals surface area contributed by atoms with Gasteiger partial charge in [0, 0.05) is 19.7 Å². The number of furan rings is 1. The Labute approximate surface area is 95.2 Å². The van der Waals surface area contributed by atoms with Gasteiger partial charge in [0.15, 0.2) is 5.76 Å². The number of amides is 1. The van der Waals surface area contributed by atoms with Gasteiger partial charge < -0.3 is 19.8 Å². The molecule has 1 heterocycles. The Morgan fingerprint density at radius 2 is 2.31 bits per heavy atom. The highest BCUT2D eigenvalue weighted by Crippen LogP contribution is 2.08. The second-order valence-corrected chi connectivity index (χ2v) is 3.60. The summed E-state index contributed by atoms with van der Waals surface area (Å²) in [5.74, 6) is 0.758. The molecule has 0 fully saturated rings. The van der Waals surface area contributed by atoms with Crippen molar-refractivity contribution < 1.29 is 13.9 Å². The van der Waals surface area contributed by atoms with Gasteiger partial charge in [0.1, 0.15) is 12.4 Å². The van der Waals surface area contributed by atoms with Crippen molar-refractivity contribution in [1.82, 2.24) is 10.6 Å². The van der Waals surface area contributed by atoms with Gasteiger partial charge in [0.25, 0.3) is 5.91 Å². The highest BCUT2D eigenvalue weighted by atomic mass is 16.5. The second kappa shape index (κ2) is 6.30. The van der Waals surface area contributed by atoms with Gasteiger partial charge in [0.05, 0.1) is 0 Å². The van der Waals surface area contributed by atoms with E-state index in [1.165, 1.54) is 0 Å². The van der Waals surface area contributed by atoms with Gasteiger partial charge in [-0.15, -0.1) is 0 Å². The highest BCUT2D eigenvalue weighted by molar-refractivity contribution is 5.91. The lowest BCUT2D eigenvalue weighted by Crippen LogP contribution is -2.37. The summed E-state index contributed by atoms with van der Waals surface area (Å²) in [7, 11) is 3.43. The zero-order valence-corrected chi connectivity index (χ0v) is 9.87. The van der Waals surface area contributed by atoms with E-state index in [-0.39, 0.29) is 11.9 Å². The Morgan fingerprint density at radius 1 is 1.56 bits per heavy atom. The Hall–Kier alpha value is -1.33. The van der Waals surface area contributed by atoms with Crippen LogP contribution in [0.3, 0.4) is 0 Å². The van der Waals surface area contributed by atoms with Gasteiger partial charge in [0.2, 0.25) is 0 Å². The number of likely N-dealkylation sites (N-methyl/N-ethyl adjacent to an activating group) is 1. The zero-order chi connectivity index (χ0) is 12.0. The fourth-order valence-electron chi connectivity index (χ4n) is 1.15. The van der Waals surface area contributed by atoms with Crippen molar-refractivity contribution in [3.8, 4) is 0 Å².